The molecule has 2 heterocycles. The molecule has 0 aliphatic rings. The number of rotatable bonds is 3. The first-order valence-electron chi connectivity index (χ1n) is 5.53. The fraction of sp³-hybridized carbons (Fsp3) is 0.154. The Morgan fingerprint density at radius 2 is 2.18 bits per heavy atom. The van der Waals surface area contributed by atoms with Crippen LogP contribution in [0.15, 0.2) is 42.0 Å². The van der Waals surface area contributed by atoms with Crippen molar-refractivity contribution in [2.45, 2.75) is 13.1 Å². The molecule has 4 heteroatoms. The van der Waals surface area contributed by atoms with Crippen LogP contribution in [0.1, 0.15) is 10.6 Å². The number of hydrogen-bond acceptors (Lipinski definition) is 3. The Kier molecular flexibility index (Phi) is 2.66. The van der Waals surface area contributed by atoms with Crippen molar-refractivity contribution in [1.29, 1.82) is 0 Å². The summed E-state index contributed by atoms with van der Waals surface area (Å²) in [5.74, 6) is 0. The van der Waals surface area contributed by atoms with Gasteiger partial charge >= 0.3 is 0 Å². The molecule has 0 spiro atoms. The highest BCUT2D eigenvalue weighted by Gasteiger charge is 2.08. The molecule has 0 saturated carbocycles. The maximum Gasteiger partial charge on any atom is 0.0794 e. The Bertz CT molecular complexity index is 625. The molecule has 2 N–H and O–H groups in total. The maximum atomic E-state index is 5.81. The van der Waals surface area contributed by atoms with Gasteiger partial charge in [0, 0.05) is 28.8 Å². The zero-order chi connectivity index (χ0) is 11.7. The SMILES string of the molecule is NCc1cc2ccccc2n1Cc1cncs1. The number of aromatic nitrogens is 2. The number of para-hydroxylation sites is 1. The van der Waals surface area contributed by atoms with Gasteiger partial charge in [-0.05, 0) is 17.5 Å². The highest BCUT2D eigenvalue weighted by Crippen LogP contribution is 2.21. The topological polar surface area (TPSA) is 43.8 Å². The minimum absolute atomic E-state index is 0.563. The normalized spacial score (nSPS) is 11.1. The van der Waals surface area contributed by atoms with Gasteiger partial charge in [0.05, 0.1) is 12.1 Å². The second-order valence-electron chi connectivity index (χ2n) is 3.95. The standard InChI is InChI=1S/C13H13N3S/c14-6-11-5-10-3-1-2-4-13(10)16(11)8-12-7-15-9-17-12/h1-5,7,9H,6,8,14H2. The Morgan fingerprint density at radius 3 is 2.94 bits per heavy atom. The predicted octanol–water partition coefficient (Wildman–Crippen LogP) is 2.60. The van der Waals surface area contributed by atoms with Gasteiger partial charge in [-0.15, -0.1) is 11.3 Å². The van der Waals surface area contributed by atoms with Crippen LogP contribution in [0.3, 0.4) is 0 Å². The third kappa shape index (κ3) is 1.85. The fourth-order valence-electron chi connectivity index (χ4n) is 2.10. The Morgan fingerprint density at radius 1 is 1.29 bits per heavy atom. The van der Waals surface area contributed by atoms with Crippen molar-refractivity contribution in [2.24, 2.45) is 5.73 Å². The van der Waals surface area contributed by atoms with Gasteiger partial charge in [-0.25, -0.2) is 0 Å². The highest BCUT2D eigenvalue weighted by molar-refractivity contribution is 7.09. The number of thiazole rings is 1. The first-order chi connectivity index (χ1) is 8.38. The van der Waals surface area contributed by atoms with Gasteiger partial charge in [-0.3, -0.25) is 4.98 Å². The van der Waals surface area contributed by atoms with Crippen molar-refractivity contribution in [3.63, 3.8) is 0 Å². The average Bonchev–Trinajstić information content (AvgIpc) is 2.98. The lowest BCUT2D eigenvalue weighted by Gasteiger charge is -2.07. The van der Waals surface area contributed by atoms with E-state index in [9.17, 15) is 0 Å². The second-order valence-corrected chi connectivity index (χ2v) is 4.92. The van der Waals surface area contributed by atoms with Gasteiger partial charge in [0.1, 0.15) is 0 Å². The number of nitrogens with two attached hydrogens (primary N) is 1. The van der Waals surface area contributed by atoms with E-state index < -0.39 is 0 Å². The van der Waals surface area contributed by atoms with Gasteiger partial charge in [0.2, 0.25) is 0 Å². The molecule has 3 nitrogen and oxygen atoms in total. The zero-order valence-electron chi connectivity index (χ0n) is 9.34. The lowest BCUT2D eigenvalue weighted by atomic mass is 10.2. The molecule has 0 bridgehead atoms. The molecular weight excluding hydrogens is 230 g/mol. The van der Waals surface area contributed by atoms with Crippen LogP contribution in [0.4, 0.5) is 0 Å². The molecule has 17 heavy (non-hydrogen) atoms. The molecule has 0 amide bonds. The fourth-order valence-corrected chi connectivity index (χ4v) is 2.68. The summed E-state index contributed by atoms with van der Waals surface area (Å²) in [6.07, 6.45) is 1.92. The quantitative estimate of drug-likeness (QED) is 0.768. The molecule has 0 atom stereocenters. The van der Waals surface area contributed by atoms with Crippen LogP contribution in [0.5, 0.6) is 0 Å². The summed E-state index contributed by atoms with van der Waals surface area (Å²) in [6, 6.07) is 10.5. The first-order valence-corrected chi connectivity index (χ1v) is 6.41. The van der Waals surface area contributed by atoms with Crippen LogP contribution < -0.4 is 5.73 Å². The maximum absolute atomic E-state index is 5.81. The van der Waals surface area contributed by atoms with E-state index >= 15 is 0 Å². The molecule has 0 radical (unpaired) electrons. The van der Waals surface area contributed by atoms with E-state index in [1.165, 1.54) is 21.5 Å². The summed E-state index contributed by atoms with van der Waals surface area (Å²) < 4.78 is 2.27. The minimum Gasteiger partial charge on any atom is -0.338 e. The molecule has 3 aromatic rings. The molecule has 2 aromatic heterocycles. The Labute approximate surface area is 104 Å². The predicted molar refractivity (Wildman–Crippen MR) is 71.0 cm³/mol. The largest absolute Gasteiger partial charge is 0.338 e. The van der Waals surface area contributed by atoms with Gasteiger partial charge < -0.3 is 10.3 Å². The van der Waals surface area contributed by atoms with Gasteiger partial charge in [-0.1, -0.05) is 18.2 Å². The van der Waals surface area contributed by atoms with E-state index in [1.807, 2.05) is 11.7 Å². The van der Waals surface area contributed by atoms with E-state index in [1.54, 1.807) is 11.3 Å². The molecular formula is C13H13N3S. The molecule has 86 valence electrons. The Balaban J connectivity index is 2.12. The van der Waals surface area contributed by atoms with Crippen molar-refractivity contribution < 1.29 is 0 Å². The third-order valence-electron chi connectivity index (χ3n) is 2.90. The Hall–Kier alpha value is -1.65. The molecule has 0 aliphatic carbocycles. The summed E-state index contributed by atoms with van der Waals surface area (Å²) in [5, 5.41) is 1.25. The van der Waals surface area contributed by atoms with Crippen molar-refractivity contribution in [2.75, 3.05) is 0 Å². The van der Waals surface area contributed by atoms with Gasteiger partial charge in [0.25, 0.3) is 0 Å². The second kappa shape index (κ2) is 4.31. The molecule has 0 saturated heterocycles. The number of fused-ring (bicyclic) bond motifs is 1. The van der Waals surface area contributed by atoms with E-state index in [2.05, 4.69) is 39.9 Å². The number of benzene rings is 1. The van der Waals surface area contributed by atoms with Crippen LogP contribution in [0.25, 0.3) is 10.9 Å². The lowest BCUT2D eigenvalue weighted by molar-refractivity contribution is 0.776. The summed E-state index contributed by atoms with van der Waals surface area (Å²) in [6.45, 7) is 1.41. The minimum atomic E-state index is 0.563. The number of nitrogens with zero attached hydrogens (tertiary/aromatic N) is 2. The van der Waals surface area contributed by atoms with Crippen LogP contribution in [0.2, 0.25) is 0 Å². The summed E-state index contributed by atoms with van der Waals surface area (Å²) >= 11 is 1.68. The smallest absolute Gasteiger partial charge is 0.0794 e. The van der Waals surface area contributed by atoms with Crippen molar-refractivity contribution >= 4 is 22.2 Å². The van der Waals surface area contributed by atoms with Gasteiger partial charge in [-0.2, -0.15) is 0 Å². The molecule has 0 aliphatic heterocycles. The molecule has 3 rings (SSSR count). The van der Waals surface area contributed by atoms with Crippen LogP contribution in [0, 0.1) is 0 Å². The average molecular weight is 243 g/mol. The zero-order valence-corrected chi connectivity index (χ0v) is 10.2. The van der Waals surface area contributed by atoms with Gasteiger partial charge in [0.15, 0.2) is 0 Å². The summed E-state index contributed by atoms with van der Waals surface area (Å²) in [5.41, 5.74) is 10.1. The van der Waals surface area contributed by atoms with Crippen molar-refractivity contribution in [1.82, 2.24) is 9.55 Å². The van der Waals surface area contributed by atoms with Crippen molar-refractivity contribution in [3.8, 4) is 0 Å². The van der Waals surface area contributed by atoms with Crippen LogP contribution >= 0.6 is 11.3 Å². The lowest BCUT2D eigenvalue weighted by Crippen LogP contribution is -2.07. The summed E-state index contributed by atoms with van der Waals surface area (Å²) in [4.78, 5) is 5.36. The number of hydrogen-bond donors (Lipinski definition) is 1. The summed E-state index contributed by atoms with van der Waals surface area (Å²) in [7, 11) is 0. The van der Waals surface area contributed by atoms with Crippen molar-refractivity contribution in [3.05, 3.63) is 52.6 Å². The monoisotopic (exact) mass is 243 g/mol. The molecule has 0 unspecified atom stereocenters. The van der Waals surface area contributed by atoms with Crippen LogP contribution in [-0.2, 0) is 13.1 Å². The van der Waals surface area contributed by atoms with Crippen LogP contribution in [-0.4, -0.2) is 9.55 Å². The molecule has 1 aromatic carbocycles. The third-order valence-corrected chi connectivity index (χ3v) is 3.67. The van der Waals surface area contributed by atoms with E-state index in [0.717, 1.165) is 6.54 Å². The molecule has 0 fully saturated rings. The van der Waals surface area contributed by atoms with E-state index in [-0.39, 0.29) is 0 Å². The van der Waals surface area contributed by atoms with E-state index in [0.29, 0.717) is 6.54 Å². The first kappa shape index (κ1) is 10.5. The highest BCUT2D eigenvalue weighted by atomic mass is 32.1. The van der Waals surface area contributed by atoms with E-state index in [4.69, 9.17) is 5.73 Å².